The molecule has 1 aliphatic heterocycles. The molecule has 1 fully saturated rings. The summed E-state index contributed by atoms with van der Waals surface area (Å²) in [7, 11) is 2.01. The highest BCUT2D eigenvalue weighted by atomic mass is 35.5. The maximum absolute atomic E-state index is 6.34. The van der Waals surface area contributed by atoms with Crippen molar-refractivity contribution >= 4 is 35.1 Å². The first-order valence-corrected chi connectivity index (χ1v) is 8.82. The summed E-state index contributed by atoms with van der Waals surface area (Å²) in [6.45, 7) is 4.28. The second-order valence-electron chi connectivity index (χ2n) is 4.67. The number of halogens is 1. The molecule has 2 atom stereocenters. The topological polar surface area (TPSA) is 29.9 Å². The maximum atomic E-state index is 6.34. The third-order valence-electron chi connectivity index (χ3n) is 3.10. The van der Waals surface area contributed by atoms with Crippen molar-refractivity contribution in [3.63, 3.8) is 0 Å². The molecule has 3 nitrogen and oxygen atoms in total. The molecule has 1 N–H and O–H groups in total. The molecule has 1 aromatic heterocycles. The van der Waals surface area contributed by atoms with Crippen molar-refractivity contribution in [3.8, 4) is 0 Å². The van der Waals surface area contributed by atoms with Gasteiger partial charge in [-0.25, -0.2) is 0 Å². The van der Waals surface area contributed by atoms with Crippen LogP contribution in [0.5, 0.6) is 0 Å². The first-order valence-electron chi connectivity index (χ1n) is 6.24. The maximum Gasteiger partial charge on any atom is 0.0834 e. The van der Waals surface area contributed by atoms with Crippen molar-refractivity contribution in [2.75, 3.05) is 24.3 Å². The van der Waals surface area contributed by atoms with Gasteiger partial charge in [0, 0.05) is 28.6 Å². The van der Waals surface area contributed by atoms with Crippen molar-refractivity contribution in [1.29, 1.82) is 0 Å². The van der Waals surface area contributed by atoms with E-state index in [2.05, 4.69) is 24.3 Å². The monoisotopic (exact) mass is 305 g/mol. The number of hydrogen-bond acceptors (Lipinski definition) is 4. The predicted molar refractivity (Wildman–Crippen MR) is 83.0 cm³/mol. The van der Waals surface area contributed by atoms with Crippen molar-refractivity contribution < 1.29 is 0 Å². The summed E-state index contributed by atoms with van der Waals surface area (Å²) in [5.41, 5.74) is 1.13. The van der Waals surface area contributed by atoms with Gasteiger partial charge in [-0.05, 0) is 20.9 Å². The fourth-order valence-corrected chi connectivity index (χ4v) is 5.38. The highest BCUT2D eigenvalue weighted by Crippen LogP contribution is 2.36. The molecule has 0 aromatic carbocycles. The molecule has 0 saturated carbocycles. The SMILES string of the molecule is CNC(c1c(Cl)cnn1C(C)C)C1CSCCS1. The first kappa shape index (κ1) is 14.6. The summed E-state index contributed by atoms with van der Waals surface area (Å²) in [4.78, 5) is 0. The summed E-state index contributed by atoms with van der Waals surface area (Å²) in [5, 5.41) is 9.19. The highest BCUT2D eigenvalue weighted by Gasteiger charge is 2.29. The molecule has 2 rings (SSSR count). The van der Waals surface area contributed by atoms with Crippen LogP contribution in [0, 0.1) is 0 Å². The van der Waals surface area contributed by atoms with Crippen LogP contribution in [0.4, 0.5) is 0 Å². The van der Waals surface area contributed by atoms with Gasteiger partial charge < -0.3 is 5.32 Å². The lowest BCUT2D eigenvalue weighted by Crippen LogP contribution is -2.33. The Kier molecular flexibility index (Phi) is 5.30. The normalized spacial score (nSPS) is 22.4. The summed E-state index contributed by atoms with van der Waals surface area (Å²) >= 11 is 10.4. The molecule has 1 aromatic rings. The van der Waals surface area contributed by atoms with E-state index in [1.54, 1.807) is 6.20 Å². The third-order valence-corrected chi connectivity index (χ3v) is 6.25. The molecular formula is C12H20ClN3S2. The Balaban J connectivity index is 2.28. The summed E-state index contributed by atoms with van der Waals surface area (Å²) in [6, 6.07) is 0.616. The molecule has 1 aliphatic rings. The van der Waals surface area contributed by atoms with E-state index < -0.39 is 0 Å². The molecular weight excluding hydrogens is 286 g/mol. The molecule has 102 valence electrons. The van der Waals surface area contributed by atoms with Gasteiger partial charge in [0.05, 0.1) is 23.0 Å². The van der Waals surface area contributed by atoms with E-state index in [-0.39, 0.29) is 6.04 Å². The second kappa shape index (κ2) is 6.55. The Morgan fingerprint density at radius 2 is 2.28 bits per heavy atom. The summed E-state index contributed by atoms with van der Waals surface area (Å²) < 4.78 is 2.04. The fraction of sp³-hybridized carbons (Fsp3) is 0.750. The van der Waals surface area contributed by atoms with E-state index in [4.69, 9.17) is 11.6 Å². The van der Waals surface area contributed by atoms with Gasteiger partial charge in [0.2, 0.25) is 0 Å². The van der Waals surface area contributed by atoms with Crippen LogP contribution in [-0.2, 0) is 0 Å². The predicted octanol–water partition coefficient (Wildman–Crippen LogP) is 3.23. The molecule has 2 heterocycles. The minimum atomic E-state index is 0.278. The quantitative estimate of drug-likeness (QED) is 0.925. The van der Waals surface area contributed by atoms with Gasteiger partial charge in [0.25, 0.3) is 0 Å². The zero-order chi connectivity index (χ0) is 13.1. The van der Waals surface area contributed by atoms with Gasteiger partial charge in [-0.1, -0.05) is 11.6 Å². The van der Waals surface area contributed by atoms with Gasteiger partial charge in [-0.3, -0.25) is 4.68 Å². The van der Waals surface area contributed by atoms with E-state index in [9.17, 15) is 0 Å². The van der Waals surface area contributed by atoms with Gasteiger partial charge in [0.15, 0.2) is 0 Å². The lowest BCUT2D eigenvalue weighted by atomic mass is 10.1. The van der Waals surface area contributed by atoms with E-state index in [1.165, 1.54) is 17.3 Å². The van der Waals surface area contributed by atoms with Gasteiger partial charge in [-0.2, -0.15) is 28.6 Å². The number of rotatable bonds is 4. The first-order chi connectivity index (χ1) is 8.65. The summed E-state index contributed by atoms with van der Waals surface area (Å²) in [6.07, 6.45) is 1.77. The van der Waals surface area contributed by atoms with Crippen molar-refractivity contribution in [2.45, 2.75) is 31.2 Å². The van der Waals surface area contributed by atoms with Gasteiger partial charge in [-0.15, -0.1) is 0 Å². The van der Waals surface area contributed by atoms with E-state index in [0.29, 0.717) is 11.3 Å². The average Bonchev–Trinajstić information content (AvgIpc) is 2.74. The molecule has 0 spiro atoms. The van der Waals surface area contributed by atoms with Gasteiger partial charge in [0.1, 0.15) is 0 Å². The van der Waals surface area contributed by atoms with Crippen molar-refractivity contribution in [3.05, 3.63) is 16.9 Å². The largest absolute Gasteiger partial charge is 0.311 e. The zero-order valence-electron chi connectivity index (χ0n) is 11.0. The van der Waals surface area contributed by atoms with Crippen LogP contribution in [0.25, 0.3) is 0 Å². The lowest BCUT2D eigenvalue weighted by molar-refractivity contribution is 0.460. The molecule has 0 aliphatic carbocycles. The number of hydrogen-bond donors (Lipinski definition) is 1. The van der Waals surface area contributed by atoms with Crippen LogP contribution >= 0.6 is 35.1 Å². The molecule has 0 amide bonds. The average molecular weight is 306 g/mol. The van der Waals surface area contributed by atoms with Crippen LogP contribution in [0.3, 0.4) is 0 Å². The number of nitrogens with zero attached hydrogens (tertiary/aromatic N) is 2. The van der Waals surface area contributed by atoms with Crippen LogP contribution in [0.15, 0.2) is 6.20 Å². The Bertz CT molecular complexity index is 389. The molecule has 1 saturated heterocycles. The van der Waals surface area contributed by atoms with Crippen LogP contribution < -0.4 is 5.32 Å². The molecule has 6 heteroatoms. The fourth-order valence-electron chi connectivity index (χ4n) is 2.25. The number of aromatic nitrogens is 2. The van der Waals surface area contributed by atoms with Crippen molar-refractivity contribution in [2.24, 2.45) is 0 Å². The second-order valence-corrected chi connectivity index (χ2v) is 7.57. The third kappa shape index (κ3) is 3.00. The Morgan fingerprint density at radius 1 is 1.50 bits per heavy atom. The van der Waals surface area contributed by atoms with E-state index in [0.717, 1.165) is 10.7 Å². The lowest BCUT2D eigenvalue weighted by Gasteiger charge is -2.30. The van der Waals surface area contributed by atoms with E-state index in [1.807, 2.05) is 35.3 Å². The highest BCUT2D eigenvalue weighted by molar-refractivity contribution is 8.06. The number of nitrogens with one attached hydrogen (secondary N) is 1. The Morgan fingerprint density at radius 3 is 2.83 bits per heavy atom. The molecule has 18 heavy (non-hydrogen) atoms. The zero-order valence-corrected chi connectivity index (χ0v) is 13.4. The minimum absolute atomic E-state index is 0.278. The minimum Gasteiger partial charge on any atom is -0.311 e. The van der Waals surface area contributed by atoms with Crippen molar-refractivity contribution in [1.82, 2.24) is 15.1 Å². The molecule has 2 unspecified atom stereocenters. The van der Waals surface area contributed by atoms with Crippen LogP contribution in [-0.4, -0.2) is 39.3 Å². The smallest absolute Gasteiger partial charge is 0.0834 e. The molecule has 0 bridgehead atoms. The standard InChI is InChI=1S/C12H20ClN3S2/c1-8(2)16-12(9(13)6-15-16)11(14-3)10-7-17-4-5-18-10/h6,8,10-11,14H,4-5,7H2,1-3H3. The van der Waals surface area contributed by atoms with Crippen LogP contribution in [0.1, 0.15) is 31.6 Å². The Hall–Kier alpha value is 0.160. The molecule has 0 radical (unpaired) electrons. The number of thioether (sulfide) groups is 2. The Labute approximate surface area is 122 Å². The van der Waals surface area contributed by atoms with Gasteiger partial charge >= 0.3 is 0 Å². The summed E-state index contributed by atoms with van der Waals surface area (Å²) in [5.74, 6) is 3.66. The van der Waals surface area contributed by atoms with Crippen LogP contribution in [0.2, 0.25) is 5.02 Å². The van der Waals surface area contributed by atoms with E-state index >= 15 is 0 Å².